The second-order valence-corrected chi connectivity index (χ2v) is 2.60. The molecule has 68 valence electrons. The van der Waals surface area contributed by atoms with Gasteiger partial charge in [-0.25, -0.2) is 14.4 Å². The van der Waals surface area contributed by atoms with Crippen LogP contribution < -0.4 is 5.32 Å². The van der Waals surface area contributed by atoms with E-state index in [0.717, 1.165) is 0 Å². The van der Waals surface area contributed by atoms with Crippen molar-refractivity contribution in [1.29, 1.82) is 5.26 Å². The van der Waals surface area contributed by atoms with Crippen molar-refractivity contribution in [3.63, 3.8) is 0 Å². The van der Waals surface area contributed by atoms with Gasteiger partial charge in [-0.1, -0.05) is 0 Å². The quantitative estimate of drug-likeness (QED) is 0.757. The Hall–Kier alpha value is -1.70. The molecule has 0 radical (unpaired) electrons. The number of halogens is 1. The van der Waals surface area contributed by atoms with Gasteiger partial charge in [-0.3, -0.25) is 0 Å². The van der Waals surface area contributed by atoms with Gasteiger partial charge in [0.05, 0.1) is 6.04 Å². The molecule has 0 fully saturated rings. The molecule has 4 nitrogen and oxygen atoms in total. The molecule has 1 aromatic rings. The van der Waals surface area contributed by atoms with Crippen molar-refractivity contribution in [3.8, 4) is 6.07 Å². The molecule has 0 bridgehead atoms. The molecule has 0 amide bonds. The molecule has 0 saturated carbocycles. The van der Waals surface area contributed by atoms with Gasteiger partial charge in [0.2, 0.25) is 0 Å². The highest BCUT2D eigenvalue weighted by molar-refractivity contribution is 5.39. The largest absolute Gasteiger partial charge is 0.365 e. The summed E-state index contributed by atoms with van der Waals surface area (Å²) in [7, 11) is 0. The molecule has 13 heavy (non-hydrogen) atoms. The predicted molar refractivity (Wildman–Crippen MR) is 45.8 cm³/mol. The average Bonchev–Trinajstić information content (AvgIpc) is 2.18. The van der Waals surface area contributed by atoms with E-state index >= 15 is 0 Å². The van der Waals surface area contributed by atoms with Crippen LogP contribution in [0.5, 0.6) is 0 Å². The van der Waals surface area contributed by atoms with E-state index in [4.69, 9.17) is 5.26 Å². The van der Waals surface area contributed by atoms with Gasteiger partial charge in [0, 0.05) is 6.07 Å². The Labute approximate surface area is 75.4 Å². The van der Waals surface area contributed by atoms with Crippen molar-refractivity contribution >= 4 is 5.82 Å². The highest BCUT2D eigenvalue weighted by Crippen LogP contribution is 2.04. The van der Waals surface area contributed by atoms with Gasteiger partial charge < -0.3 is 5.32 Å². The van der Waals surface area contributed by atoms with Crippen LogP contribution in [0.15, 0.2) is 12.4 Å². The lowest BCUT2D eigenvalue weighted by Crippen LogP contribution is -2.18. The highest BCUT2D eigenvalue weighted by Gasteiger charge is 2.02. The van der Waals surface area contributed by atoms with E-state index < -0.39 is 6.67 Å². The zero-order valence-corrected chi connectivity index (χ0v) is 7.16. The minimum Gasteiger partial charge on any atom is -0.365 e. The van der Waals surface area contributed by atoms with Gasteiger partial charge in [0.25, 0.3) is 0 Å². The van der Waals surface area contributed by atoms with Gasteiger partial charge in [-0.2, -0.15) is 5.26 Å². The van der Waals surface area contributed by atoms with Gasteiger partial charge in [-0.15, -0.1) is 0 Å². The number of aromatic nitrogens is 2. The smallest absolute Gasteiger partial charge is 0.145 e. The zero-order valence-electron chi connectivity index (χ0n) is 7.16. The molecule has 1 rings (SSSR count). The lowest BCUT2D eigenvalue weighted by Gasteiger charge is -2.09. The number of alkyl halides is 1. The first-order valence-electron chi connectivity index (χ1n) is 3.81. The maximum atomic E-state index is 12.1. The predicted octanol–water partition coefficient (Wildman–Crippen LogP) is 1.12. The molecule has 1 heterocycles. The summed E-state index contributed by atoms with van der Waals surface area (Å²) in [5, 5.41) is 11.3. The molecule has 0 aliphatic carbocycles. The second-order valence-electron chi connectivity index (χ2n) is 2.60. The Balaban J connectivity index is 2.73. The molecule has 1 N–H and O–H groups in total. The van der Waals surface area contributed by atoms with Crippen molar-refractivity contribution in [2.45, 2.75) is 13.0 Å². The number of hydrogen-bond donors (Lipinski definition) is 1. The summed E-state index contributed by atoms with van der Waals surface area (Å²) < 4.78 is 12.1. The maximum absolute atomic E-state index is 12.1. The normalized spacial score (nSPS) is 11.8. The van der Waals surface area contributed by atoms with E-state index in [1.54, 1.807) is 6.92 Å². The molecule has 0 spiro atoms. The fraction of sp³-hybridized carbons (Fsp3) is 0.375. The van der Waals surface area contributed by atoms with Crippen LogP contribution in [0.25, 0.3) is 0 Å². The monoisotopic (exact) mass is 180 g/mol. The lowest BCUT2D eigenvalue weighted by atomic mass is 10.3. The van der Waals surface area contributed by atoms with Crippen LogP contribution in [-0.2, 0) is 0 Å². The first-order chi connectivity index (χ1) is 6.26. The Morgan fingerprint density at radius 3 is 3.08 bits per heavy atom. The standard InChI is InChI=1S/C8H9FN4/c1-6(3-9)13-8-2-7(4-10)11-5-12-8/h2,5-6H,3H2,1H3,(H,11,12,13). The minimum atomic E-state index is -0.480. The van der Waals surface area contributed by atoms with E-state index in [-0.39, 0.29) is 11.7 Å². The second kappa shape index (κ2) is 4.36. The Morgan fingerprint density at radius 1 is 1.69 bits per heavy atom. The molecule has 5 heteroatoms. The van der Waals surface area contributed by atoms with Crippen LogP contribution in [0.1, 0.15) is 12.6 Å². The average molecular weight is 180 g/mol. The molecule has 1 unspecified atom stereocenters. The van der Waals surface area contributed by atoms with Crippen LogP contribution in [0.3, 0.4) is 0 Å². The number of nitriles is 1. The number of nitrogens with zero attached hydrogens (tertiary/aromatic N) is 3. The van der Waals surface area contributed by atoms with Crippen molar-refractivity contribution < 1.29 is 4.39 Å². The van der Waals surface area contributed by atoms with E-state index in [0.29, 0.717) is 5.82 Å². The van der Waals surface area contributed by atoms with E-state index in [2.05, 4.69) is 15.3 Å². The Bertz CT molecular complexity index is 320. The third-order valence-electron chi connectivity index (χ3n) is 1.41. The highest BCUT2D eigenvalue weighted by atomic mass is 19.1. The SMILES string of the molecule is CC(CF)Nc1cc(C#N)ncn1. The van der Waals surface area contributed by atoms with Crippen LogP contribution in [0.2, 0.25) is 0 Å². The molecular formula is C8H9FN4. The molecule has 1 atom stereocenters. The van der Waals surface area contributed by atoms with Gasteiger partial charge in [0.15, 0.2) is 0 Å². The van der Waals surface area contributed by atoms with Crippen LogP contribution in [-0.4, -0.2) is 22.7 Å². The summed E-state index contributed by atoms with van der Waals surface area (Å²) in [6.07, 6.45) is 1.27. The fourth-order valence-corrected chi connectivity index (χ4v) is 0.788. The number of anilines is 1. The van der Waals surface area contributed by atoms with Crippen molar-refractivity contribution in [2.24, 2.45) is 0 Å². The van der Waals surface area contributed by atoms with Gasteiger partial charge in [0.1, 0.15) is 30.6 Å². The Morgan fingerprint density at radius 2 is 2.46 bits per heavy atom. The maximum Gasteiger partial charge on any atom is 0.145 e. The van der Waals surface area contributed by atoms with E-state index in [1.165, 1.54) is 12.4 Å². The molecule has 0 aliphatic heterocycles. The number of hydrogen-bond acceptors (Lipinski definition) is 4. The number of rotatable bonds is 3. The fourth-order valence-electron chi connectivity index (χ4n) is 0.788. The van der Waals surface area contributed by atoms with E-state index in [1.807, 2.05) is 6.07 Å². The van der Waals surface area contributed by atoms with Crippen LogP contribution >= 0.6 is 0 Å². The van der Waals surface area contributed by atoms with E-state index in [9.17, 15) is 4.39 Å². The van der Waals surface area contributed by atoms with Crippen LogP contribution in [0.4, 0.5) is 10.2 Å². The van der Waals surface area contributed by atoms with Crippen molar-refractivity contribution in [1.82, 2.24) is 9.97 Å². The summed E-state index contributed by atoms with van der Waals surface area (Å²) in [5.41, 5.74) is 0.267. The van der Waals surface area contributed by atoms with Crippen molar-refractivity contribution in [2.75, 3.05) is 12.0 Å². The van der Waals surface area contributed by atoms with Crippen LogP contribution in [0, 0.1) is 11.3 Å². The molecule has 0 aliphatic rings. The summed E-state index contributed by atoms with van der Waals surface area (Å²) in [6, 6.07) is 3.05. The molecule has 1 aromatic heterocycles. The summed E-state index contributed by atoms with van der Waals surface area (Å²) in [4.78, 5) is 7.52. The molecular weight excluding hydrogens is 171 g/mol. The van der Waals surface area contributed by atoms with Gasteiger partial charge >= 0.3 is 0 Å². The topological polar surface area (TPSA) is 61.6 Å². The minimum absolute atomic E-state index is 0.267. The van der Waals surface area contributed by atoms with Gasteiger partial charge in [-0.05, 0) is 6.92 Å². The first kappa shape index (κ1) is 9.39. The number of nitrogens with one attached hydrogen (secondary N) is 1. The first-order valence-corrected chi connectivity index (χ1v) is 3.81. The molecule has 0 aromatic carbocycles. The summed E-state index contributed by atoms with van der Waals surface area (Å²) >= 11 is 0. The molecule has 0 saturated heterocycles. The zero-order chi connectivity index (χ0) is 9.68. The lowest BCUT2D eigenvalue weighted by molar-refractivity contribution is 0.459. The Kier molecular flexibility index (Phi) is 3.15. The third kappa shape index (κ3) is 2.67. The van der Waals surface area contributed by atoms with Crippen molar-refractivity contribution in [3.05, 3.63) is 18.1 Å². The summed E-state index contributed by atoms with van der Waals surface area (Å²) in [6.45, 7) is 1.21. The summed E-state index contributed by atoms with van der Waals surface area (Å²) in [5.74, 6) is 0.469. The third-order valence-corrected chi connectivity index (χ3v) is 1.41.